The zero-order valence-electron chi connectivity index (χ0n) is 15.2. The van der Waals surface area contributed by atoms with E-state index >= 15 is 0 Å². The molecule has 0 radical (unpaired) electrons. The number of sulfonamides is 1. The number of nitrogens with one attached hydrogen (secondary N) is 2. The average molecular weight is 374 g/mol. The molecule has 1 heterocycles. The highest BCUT2D eigenvalue weighted by molar-refractivity contribution is 7.92. The SMILES string of the molecule is CC(C)Oc1ccccc1NS(=O)(=O)c1ccc2c(c1)C(C)(C)C(=O)N2. The normalized spacial score (nSPS) is 15.5. The van der Waals surface area contributed by atoms with Crippen molar-refractivity contribution in [1.82, 2.24) is 0 Å². The topological polar surface area (TPSA) is 84.5 Å². The number of carbonyl (C=O) groups excluding carboxylic acids is 1. The van der Waals surface area contributed by atoms with Gasteiger partial charge in [-0.15, -0.1) is 0 Å². The van der Waals surface area contributed by atoms with Crippen LogP contribution in [0.25, 0.3) is 0 Å². The number of ether oxygens (including phenoxy) is 1. The lowest BCUT2D eigenvalue weighted by molar-refractivity contribution is -0.119. The first-order chi connectivity index (χ1) is 12.1. The summed E-state index contributed by atoms with van der Waals surface area (Å²) in [6.45, 7) is 7.28. The second-order valence-corrected chi connectivity index (χ2v) is 8.74. The Morgan fingerprint density at radius 2 is 1.81 bits per heavy atom. The van der Waals surface area contributed by atoms with Crippen LogP contribution in [0.15, 0.2) is 47.4 Å². The minimum Gasteiger partial charge on any atom is -0.489 e. The molecule has 0 saturated carbocycles. The molecule has 0 aromatic heterocycles. The zero-order valence-corrected chi connectivity index (χ0v) is 16.0. The number of amides is 1. The summed E-state index contributed by atoms with van der Waals surface area (Å²) in [5, 5.41) is 2.77. The number of benzene rings is 2. The van der Waals surface area contributed by atoms with Gasteiger partial charge in [-0.25, -0.2) is 8.42 Å². The van der Waals surface area contributed by atoms with E-state index in [1.165, 1.54) is 6.07 Å². The van der Waals surface area contributed by atoms with Crippen LogP contribution in [0.5, 0.6) is 5.75 Å². The molecule has 3 rings (SSSR count). The fourth-order valence-corrected chi connectivity index (χ4v) is 3.93. The van der Waals surface area contributed by atoms with Crippen LogP contribution in [0.1, 0.15) is 33.3 Å². The highest BCUT2D eigenvalue weighted by atomic mass is 32.2. The number of hydrogen-bond acceptors (Lipinski definition) is 4. The van der Waals surface area contributed by atoms with Crippen molar-refractivity contribution < 1.29 is 17.9 Å². The third kappa shape index (κ3) is 3.26. The molecule has 0 bridgehead atoms. The van der Waals surface area contributed by atoms with Crippen LogP contribution in [-0.4, -0.2) is 20.4 Å². The molecule has 0 saturated heterocycles. The quantitative estimate of drug-likeness (QED) is 0.839. The number of fused-ring (bicyclic) bond motifs is 1. The molecule has 138 valence electrons. The van der Waals surface area contributed by atoms with Gasteiger partial charge in [0.05, 0.1) is 22.1 Å². The first-order valence-corrected chi connectivity index (χ1v) is 9.84. The van der Waals surface area contributed by atoms with Gasteiger partial charge in [0.15, 0.2) is 0 Å². The lowest BCUT2D eigenvalue weighted by Gasteiger charge is -2.17. The van der Waals surface area contributed by atoms with Crippen LogP contribution < -0.4 is 14.8 Å². The van der Waals surface area contributed by atoms with Crippen molar-refractivity contribution in [2.75, 3.05) is 10.0 Å². The number of carbonyl (C=O) groups is 1. The zero-order chi connectivity index (χ0) is 19.1. The van der Waals surface area contributed by atoms with Crippen molar-refractivity contribution in [2.24, 2.45) is 0 Å². The highest BCUT2D eigenvalue weighted by Gasteiger charge is 2.39. The van der Waals surface area contributed by atoms with Gasteiger partial charge >= 0.3 is 0 Å². The number of para-hydroxylation sites is 2. The molecule has 0 spiro atoms. The minimum absolute atomic E-state index is 0.0847. The summed E-state index contributed by atoms with van der Waals surface area (Å²) >= 11 is 0. The van der Waals surface area contributed by atoms with E-state index in [1.807, 2.05) is 13.8 Å². The van der Waals surface area contributed by atoms with E-state index in [2.05, 4.69) is 10.0 Å². The molecular weight excluding hydrogens is 352 g/mol. The summed E-state index contributed by atoms with van der Waals surface area (Å²) < 4.78 is 34.0. The second kappa shape index (κ2) is 6.32. The molecule has 2 N–H and O–H groups in total. The van der Waals surface area contributed by atoms with E-state index in [0.29, 0.717) is 22.7 Å². The van der Waals surface area contributed by atoms with E-state index in [4.69, 9.17) is 4.74 Å². The molecule has 0 aliphatic carbocycles. The number of rotatable bonds is 5. The van der Waals surface area contributed by atoms with Crippen LogP contribution in [0, 0.1) is 0 Å². The smallest absolute Gasteiger partial charge is 0.262 e. The van der Waals surface area contributed by atoms with Crippen LogP contribution in [0.3, 0.4) is 0 Å². The molecule has 1 amide bonds. The van der Waals surface area contributed by atoms with E-state index in [-0.39, 0.29) is 16.9 Å². The van der Waals surface area contributed by atoms with Crippen LogP contribution in [0.4, 0.5) is 11.4 Å². The van der Waals surface area contributed by atoms with Gasteiger partial charge in [-0.2, -0.15) is 0 Å². The fourth-order valence-electron chi connectivity index (χ4n) is 2.83. The summed E-state index contributed by atoms with van der Waals surface area (Å²) in [6.07, 6.45) is -0.0847. The van der Waals surface area contributed by atoms with Gasteiger partial charge in [-0.05, 0) is 63.6 Å². The Bertz CT molecular complexity index is 965. The Morgan fingerprint density at radius 3 is 2.50 bits per heavy atom. The predicted molar refractivity (Wildman–Crippen MR) is 101 cm³/mol. The number of anilines is 2. The largest absolute Gasteiger partial charge is 0.489 e. The molecule has 1 aliphatic rings. The van der Waals surface area contributed by atoms with Gasteiger partial charge in [0.1, 0.15) is 5.75 Å². The molecule has 0 atom stereocenters. The maximum atomic E-state index is 12.9. The Morgan fingerprint density at radius 1 is 1.12 bits per heavy atom. The van der Waals surface area contributed by atoms with Gasteiger partial charge in [0, 0.05) is 5.69 Å². The molecule has 1 aliphatic heterocycles. The Hall–Kier alpha value is -2.54. The third-order valence-corrected chi connectivity index (χ3v) is 5.65. The molecule has 0 fully saturated rings. The molecule has 2 aromatic rings. The van der Waals surface area contributed by atoms with Crippen LogP contribution >= 0.6 is 0 Å². The van der Waals surface area contributed by atoms with Crippen molar-refractivity contribution in [1.29, 1.82) is 0 Å². The van der Waals surface area contributed by atoms with Crippen molar-refractivity contribution >= 4 is 27.3 Å². The second-order valence-electron chi connectivity index (χ2n) is 7.05. The van der Waals surface area contributed by atoms with Gasteiger partial charge < -0.3 is 10.1 Å². The minimum atomic E-state index is -3.83. The van der Waals surface area contributed by atoms with Crippen molar-refractivity contribution in [3.8, 4) is 5.75 Å². The van der Waals surface area contributed by atoms with Crippen molar-refractivity contribution in [3.05, 3.63) is 48.0 Å². The van der Waals surface area contributed by atoms with E-state index in [9.17, 15) is 13.2 Å². The van der Waals surface area contributed by atoms with Crippen molar-refractivity contribution in [3.63, 3.8) is 0 Å². The van der Waals surface area contributed by atoms with Gasteiger partial charge in [-0.3, -0.25) is 9.52 Å². The van der Waals surface area contributed by atoms with Gasteiger partial charge in [0.25, 0.3) is 10.0 Å². The maximum absolute atomic E-state index is 12.9. The Labute approximate surface area is 153 Å². The Balaban J connectivity index is 1.96. The maximum Gasteiger partial charge on any atom is 0.262 e. The lowest BCUT2D eigenvalue weighted by atomic mass is 9.86. The van der Waals surface area contributed by atoms with E-state index < -0.39 is 15.4 Å². The number of hydrogen-bond donors (Lipinski definition) is 2. The van der Waals surface area contributed by atoms with Crippen LogP contribution in [0.2, 0.25) is 0 Å². The first-order valence-electron chi connectivity index (χ1n) is 8.36. The lowest BCUT2D eigenvalue weighted by Crippen LogP contribution is -2.27. The molecule has 6 nitrogen and oxygen atoms in total. The summed E-state index contributed by atoms with van der Waals surface area (Å²) in [5.41, 5.74) is 0.897. The standard InChI is InChI=1S/C19H22N2O4S/c1-12(2)25-17-8-6-5-7-16(17)21-26(23,24)13-9-10-15-14(11-13)19(3,4)18(22)20-15/h5-12,21H,1-4H3,(H,20,22). The van der Waals surface area contributed by atoms with Gasteiger partial charge in [0.2, 0.25) is 5.91 Å². The Kier molecular flexibility index (Phi) is 4.44. The van der Waals surface area contributed by atoms with Gasteiger partial charge in [-0.1, -0.05) is 12.1 Å². The molecule has 0 unspecified atom stereocenters. The third-order valence-electron chi connectivity index (χ3n) is 4.28. The monoisotopic (exact) mass is 374 g/mol. The van der Waals surface area contributed by atoms with Crippen molar-refractivity contribution in [2.45, 2.75) is 44.1 Å². The molecule has 2 aromatic carbocycles. The molecular formula is C19H22N2O4S. The summed E-state index contributed by atoms with van der Waals surface area (Å²) in [7, 11) is -3.83. The summed E-state index contributed by atoms with van der Waals surface area (Å²) in [5.74, 6) is 0.315. The summed E-state index contributed by atoms with van der Waals surface area (Å²) in [4.78, 5) is 12.2. The van der Waals surface area contributed by atoms with E-state index in [0.717, 1.165) is 0 Å². The summed E-state index contributed by atoms with van der Waals surface area (Å²) in [6, 6.07) is 11.5. The van der Waals surface area contributed by atoms with E-state index in [1.54, 1.807) is 50.2 Å². The molecule has 7 heteroatoms. The van der Waals surface area contributed by atoms with Crippen LogP contribution in [-0.2, 0) is 20.2 Å². The first kappa shape index (κ1) is 18.3. The average Bonchev–Trinajstić information content (AvgIpc) is 2.78. The molecule has 26 heavy (non-hydrogen) atoms. The fraction of sp³-hybridized carbons (Fsp3) is 0.316. The highest BCUT2D eigenvalue weighted by Crippen LogP contribution is 2.39. The predicted octanol–water partition coefficient (Wildman–Crippen LogP) is 3.50.